The molecule has 1 aliphatic carbocycles. The molecular weight excluding hydrogens is 356 g/mol. The molecule has 26 heavy (non-hydrogen) atoms. The number of fused-ring (bicyclic) bond motifs is 1. The predicted molar refractivity (Wildman–Crippen MR) is 97.0 cm³/mol. The molecule has 7 nitrogen and oxygen atoms in total. The number of aliphatic hydroxyl groups excluding tert-OH is 1. The molecule has 0 aromatic carbocycles. The maximum Gasteiger partial charge on any atom is 0.353 e. The summed E-state index contributed by atoms with van der Waals surface area (Å²) >= 11 is 1.51. The van der Waals surface area contributed by atoms with Crippen molar-refractivity contribution in [2.75, 3.05) is 14.1 Å². The first-order valence-electron chi connectivity index (χ1n) is 9.01. The fraction of sp³-hybridized carbons (Fsp3) is 0.722. The molecule has 2 amide bonds. The van der Waals surface area contributed by atoms with E-state index in [-0.39, 0.29) is 40.6 Å². The molecule has 2 fully saturated rings. The molecule has 2 N–H and O–H groups in total. The molecule has 144 valence electrons. The topological polar surface area (TPSA) is 98.1 Å². The third-order valence-corrected chi connectivity index (χ3v) is 7.36. The van der Waals surface area contributed by atoms with Gasteiger partial charge in [-0.05, 0) is 26.2 Å². The molecule has 4 unspecified atom stereocenters. The normalized spacial score (nSPS) is 34.6. The van der Waals surface area contributed by atoms with Gasteiger partial charge in [-0.25, -0.2) is 4.79 Å². The minimum atomic E-state index is -1.10. The molecule has 0 bridgehead atoms. The van der Waals surface area contributed by atoms with Gasteiger partial charge in [0.1, 0.15) is 5.70 Å². The van der Waals surface area contributed by atoms with Gasteiger partial charge < -0.3 is 20.0 Å². The average Bonchev–Trinajstić information content (AvgIpc) is 3.09. The first kappa shape index (κ1) is 19.2. The lowest BCUT2D eigenvalue weighted by Crippen LogP contribution is -2.63. The molecular formula is C18H26N2O5S. The maximum atomic E-state index is 12.4. The highest BCUT2D eigenvalue weighted by molar-refractivity contribution is 8.03. The average molecular weight is 382 g/mol. The first-order valence-corrected chi connectivity index (χ1v) is 9.89. The molecule has 0 radical (unpaired) electrons. The van der Waals surface area contributed by atoms with E-state index in [1.54, 1.807) is 25.9 Å². The van der Waals surface area contributed by atoms with Gasteiger partial charge in [0.25, 0.3) is 0 Å². The number of rotatable bonds is 5. The van der Waals surface area contributed by atoms with Gasteiger partial charge in [0.2, 0.25) is 11.8 Å². The molecule has 0 spiro atoms. The largest absolute Gasteiger partial charge is 0.477 e. The second-order valence-electron chi connectivity index (χ2n) is 7.75. The Labute approximate surface area is 157 Å². The Hall–Kier alpha value is -1.54. The molecule has 0 aromatic heterocycles. The van der Waals surface area contributed by atoms with Gasteiger partial charge in [-0.2, -0.15) is 0 Å². The number of carbonyl (C=O) groups is 3. The minimum Gasteiger partial charge on any atom is -0.477 e. The van der Waals surface area contributed by atoms with E-state index in [0.717, 1.165) is 19.3 Å². The van der Waals surface area contributed by atoms with Crippen LogP contribution < -0.4 is 0 Å². The smallest absolute Gasteiger partial charge is 0.353 e. The number of hydrogen-bond donors (Lipinski definition) is 2. The molecule has 1 saturated heterocycles. The molecule has 6 atom stereocenters. The van der Waals surface area contributed by atoms with Crippen LogP contribution in [0.25, 0.3) is 0 Å². The van der Waals surface area contributed by atoms with E-state index in [0.29, 0.717) is 4.91 Å². The van der Waals surface area contributed by atoms with Crippen LogP contribution in [0.15, 0.2) is 10.6 Å². The summed E-state index contributed by atoms with van der Waals surface area (Å²) in [7, 11) is 3.50. The Balaban J connectivity index is 1.78. The van der Waals surface area contributed by atoms with Crippen molar-refractivity contribution in [1.82, 2.24) is 9.80 Å². The van der Waals surface area contributed by atoms with Gasteiger partial charge in [-0.1, -0.05) is 6.92 Å². The predicted octanol–water partition coefficient (Wildman–Crippen LogP) is 1.13. The van der Waals surface area contributed by atoms with E-state index < -0.39 is 18.0 Å². The van der Waals surface area contributed by atoms with Crippen molar-refractivity contribution in [3.05, 3.63) is 10.6 Å². The standard InChI is InChI=1S/C18H26N2O5S/c1-8-13-12(9(2)21)17(23)20(13)14(18(24)25)15(8)26-11-6-5-10(7-11)16(22)19(3)4/h8-13,21H,5-7H2,1-4H3,(H,24,25)/t8?,9?,10-,11+,12?,13?/m0/s1. The number of aliphatic hydroxyl groups is 1. The van der Waals surface area contributed by atoms with Crippen molar-refractivity contribution >= 4 is 29.5 Å². The van der Waals surface area contributed by atoms with Crippen LogP contribution in [-0.4, -0.2) is 69.3 Å². The van der Waals surface area contributed by atoms with Crippen molar-refractivity contribution < 1.29 is 24.6 Å². The van der Waals surface area contributed by atoms with Gasteiger partial charge in [0, 0.05) is 36.1 Å². The Morgan fingerprint density at radius 1 is 1.31 bits per heavy atom. The summed E-state index contributed by atoms with van der Waals surface area (Å²) in [5.74, 6) is -1.96. The quantitative estimate of drug-likeness (QED) is 0.692. The highest BCUT2D eigenvalue weighted by Crippen LogP contribution is 2.53. The fourth-order valence-corrected chi connectivity index (χ4v) is 6.09. The number of amides is 2. The monoisotopic (exact) mass is 382 g/mol. The van der Waals surface area contributed by atoms with Crippen LogP contribution in [0.5, 0.6) is 0 Å². The van der Waals surface area contributed by atoms with E-state index in [4.69, 9.17) is 0 Å². The summed E-state index contributed by atoms with van der Waals surface area (Å²) in [6.45, 7) is 3.50. The Bertz CT molecular complexity index is 674. The van der Waals surface area contributed by atoms with Crippen LogP contribution >= 0.6 is 11.8 Å². The van der Waals surface area contributed by atoms with Gasteiger partial charge >= 0.3 is 5.97 Å². The van der Waals surface area contributed by atoms with Gasteiger partial charge in [0.15, 0.2) is 0 Å². The molecule has 8 heteroatoms. The highest BCUT2D eigenvalue weighted by Gasteiger charge is 2.60. The van der Waals surface area contributed by atoms with E-state index in [1.807, 2.05) is 6.92 Å². The van der Waals surface area contributed by atoms with Gasteiger partial charge in [-0.15, -0.1) is 11.8 Å². The van der Waals surface area contributed by atoms with E-state index >= 15 is 0 Å². The summed E-state index contributed by atoms with van der Waals surface area (Å²) in [6, 6.07) is -0.281. The zero-order valence-electron chi connectivity index (χ0n) is 15.5. The second kappa shape index (κ2) is 6.88. The molecule has 3 aliphatic rings. The minimum absolute atomic E-state index is 0.0167. The number of aliphatic carboxylic acids is 1. The third kappa shape index (κ3) is 2.93. The Morgan fingerprint density at radius 3 is 2.50 bits per heavy atom. The Morgan fingerprint density at radius 2 is 1.96 bits per heavy atom. The summed E-state index contributed by atoms with van der Waals surface area (Å²) < 4.78 is 0. The number of carboxylic acids is 1. The fourth-order valence-electron chi connectivity index (χ4n) is 4.49. The van der Waals surface area contributed by atoms with Crippen molar-refractivity contribution in [3.8, 4) is 0 Å². The van der Waals surface area contributed by atoms with Crippen LogP contribution in [0.2, 0.25) is 0 Å². The van der Waals surface area contributed by atoms with E-state index in [1.165, 1.54) is 16.7 Å². The molecule has 2 aliphatic heterocycles. The molecule has 1 saturated carbocycles. The lowest BCUT2D eigenvalue weighted by molar-refractivity contribution is -0.163. The number of carbonyl (C=O) groups excluding carboxylic acids is 2. The van der Waals surface area contributed by atoms with Crippen molar-refractivity contribution in [2.45, 2.75) is 50.5 Å². The highest BCUT2D eigenvalue weighted by atomic mass is 32.2. The summed E-state index contributed by atoms with van der Waals surface area (Å²) in [6.07, 6.45) is 1.60. The SMILES string of the molecule is CC(O)C1C(=O)N2C(C(=O)O)=C(S[C@@H]3CC[C@H](C(=O)N(C)C)C3)C(C)C12. The third-order valence-electron chi connectivity index (χ3n) is 5.78. The van der Waals surface area contributed by atoms with Crippen molar-refractivity contribution in [1.29, 1.82) is 0 Å². The number of carboxylic acid groups (broad SMARTS) is 1. The van der Waals surface area contributed by atoms with Crippen molar-refractivity contribution in [3.63, 3.8) is 0 Å². The lowest BCUT2D eigenvalue weighted by atomic mass is 9.79. The molecule has 2 heterocycles. The maximum absolute atomic E-state index is 12.4. The van der Waals surface area contributed by atoms with Crippen LogP contribution in [0.1, 0.15) is 33.1 Å². The van der Waals surface area contributed by atoms with E-state index in [9.17, 15) is 24.6 Å². The Kier molecular flexibility index (Phi) is 5.09. The zero-order valence-corrected chi connectivity index (χ0v) is 16.3. The number of thioether (sulfide) groups is 1. The summed E-state index contributed by atoms with van der Waals surface area (Å²) in [5, 5.41) is 19.7. The van der Waals surface area contributed by atoms with Gasteiger partial charge in [0.05, 0.1) is 18.1 Å². The van der Waals surface area contributed by atoms with Crippen LogP contribution in [0.3, 0.4) is 0 Å². The second-order valence-corrected chi connectivity index (χ2v) is 9.10. The molecule has 0 aromatic rings. The number of β-lactam (4-membered cyclic amide) rings is 1. The summed E-state index contributed by atoms with van der Waals surface area (Å²) in [4.78, 5) is 40.0. The van der Waals surface area contributed by atoms with Gasteiger partial charge in [-0.3, -0.25) is 9.59 Å². The van der Waals surface area contributed by atoms with Crippen LogP contribution in [0.4, 0.5) is 0 Å². The number of hydrogen-bond acceptors (Lipinski definition) is 5. The first-order chi connectivity index (χ1) is 12.1. The summed E-state index contributed by atoms with van der Waals surface area (Å²) in [5.41, 5.74) is 0.0665. The van der Waals surface area contributed by atoms with Crippen LogP contribution in [0, 0.1) is 17.8 Å². The van der Waals surface area contributed by atoms with E-state index in [2.05, 4.69) is 0 Å². The molecule has 3 rings (SSSR count). The number of nitrogens with zero attached hydrogens (tertiary/aromatic N) is 2. The van der Waals surface area contributed by atoms with Crippen molar-refractivity contribution in [2.24, 2.45) is 17.8 Å². The zero-order chi connectivity index (χ0) is 19.3. The van der Waals surface area contributed by atoms with Crippen LogP contribution in [-0.2, 0) is 14.4 Å². The lowest BCUT2D eigenvalue weighted by Gasteiger charge is -2.46.